The van der Waals surface area contributed by atoms with Crippen molar-refractivity contribution in [1.82, 2.24) is 9.97 Å². The monoisotopic (exact) mass is 308 g/mol. The third kappa shape index (κ3) is 3.82. The summed E-state index contributed by atoms with van der Waals surface area (Å²) in [5, 5.41) is 7.01. The van der Waals surface area contributed by atoms with Crippen LogP contribution in [0.2, 0.25) is 0 Å². The Hall–Kier alpha value is -0.970. The lowest BCUT2D eigenvalue weighted by atomic mass is 9.84. The average molecular weight is 308 g/mol. The van der Waals surface area contributed by atoms with Crippen LogP contribution in [0.4, 0.5) is 11.6 Å². The number of hydrogen-bond acceptors (Lipinski definition) is 5. The molecule has 118 valence electrons. The molecular formula is C16H28N4S. The molecule has 1 heterocycles. The predicted octanol–water partition coefficient (Wildman–Crippen LogP) is 3.87. The molecule has 0 spiro atoms. The van der Waals surface area contributed by atoms with Crippen molar-refractivity contribution in [3.8, 4) is 0 Å². The van der Waals surface area contributed by atoms with Crippen LogP contribution in [0.1, 0.15) is 50.9 Å². The van der Waals surface area contributed by atoms with Crippen molar-refractivity contribution in [3.05, 3.63) is 11.4 Å². The van der Waals surface area contributed by atoms with Crippen molar-refractivity contribution < 1.29 is 0 Å². The van der Waals surface area contributed by atoms with E-state index in [1.165, 1.54) is 19.3 Å². The van der Waals surface area contributed by atoms with E-state index in [-0.39, 0.29) is 0 Å². The van der Waals surface area contributed by atoms with Crippen LogP contribution in [-0.2, 0) is 6.42 Å². The Labute approximate surface area is 132 Å². The highest BCUT2D eigenvalue weighted by Crippen LogP contribution is 2.42. The number of nitrogens with one attached hydrogen (secondary N) is 2. The highest BCUT2D eigenvalue weighted by Gasteiger charge is 2.36. The molecule has 1 aliphatic rings. The van der Waals surface area contributed by atoms with Crippen LogP contribution in [0, 0.1) is 6.92 Å². The lowest BCUT2D eigenvalue weighted by Gasteiger charge is -2.40. The van der Waals surface area contributed by atoms with Gasteiger partial charge in [-0.15, -0.1) is 0 Å². The lowest BCUT2D eigenvalue weighted by Crippen LogP contribution is -2.40. The summed E-state index contributed by atoms with van der Waals surface area (Å²) < 4.78 is 0.417. The van der Waals surface area contributed by atoms with E-state index in [2.05, 4.69) is 47.6 Å². The van der Waals surface area contributed by atoms with Crippen LogP contribution < -0.4 is 10.6 Å². The molecule has 1 aromatic heterocycles. The van der Waals surface area contributed by atoms with E-state index in [0.717, 1.165) is 49.0 Å². The summed E-state index contributed by atoms with van der Waals surface area (Å²) in [7, 11) is 0. The van der Waals surface area contributed by atoms with Gasteiger partial charge in [-0.1, -0.05) is 20.3 Å². The van der Waals surface area contributed by atoms with Crippen LogP contribution in [0.5, 0.6) is 0 Å². The van der Waals surface area contributed by atoms with E-state index >= 15 is 0 Å². The minimum absolute atomic E-state index is 0.417. The van der Waals surface area contributed by atoms with E-state index in [1.54, 1.807) is 0 Å². The van der Waals surface area contributed by atoms with Gasteiger partial charge in [-0.2, -0.15) is 11.8 Å². The van der Waals surface area contributed by atoms with E-state index in [9.17, 15) is 0 Å². The van der Waals surface area contributed by atoms with E-state index < -0.39 is 0 Å². The zero-order valence-electron chi connectivity index (χ0n) is 13.8. The van der Waals surface area contributed by atoms with Gasteiger partial charge in [0.25, 0.3) is 0 Å². The molecule has 0 bridgehead atoms. The smallest absolute Gasteiger partial charge is 0.134 e. The SMILES string of the molecule is CCCNc1nc(CC)nc(NCC2(SC)CCC2)c1C. The molecule has 5 heteroatoms. The molecule has 0 saturated heterocycles. The number of rotatable bonds is 8. The zero-order valence-corrected chi connectivity index (χ0v) is 14.6. The van der Waals surface area contributed by atoms with Gasteiger partial charge in [-0.3, -0.25) is 0 Å². The second-order valence-corrected chi connectivity index (χ2v) is 7.11. The summed E-state index contributed by atoms with van der Waals surface area (Å²) in [5.41, 5.74) is 1.14. The molecule has 0 unspecified atom stereocenters. The van der Waals surface area contributed by atoms with Crippen LogP contribution >= 0.6 is 11.8 Å². The molecule has 0 aliphatic heterocycles. The summed E-state index contributed by atoms with van der Waals surface area (Å²) in [4.78, 5) is 9.30. The normalized spacial score (nSPS) is 16.4. The Kier molecular flexibility index (Phi) is 5.73. The van der Waals surface area contributed by atoms with Crippen molar-refractivity contribution in [2.75, 3.05) is 30.0 Å². The predicted molar refractivity (Wildman–Crippen MR) is 93.5 cm³/mol. The molecule has 0 radical (unpaired) electrons. The zero-order chi connectivity index (χ0) is 15.3. The Morgan fingerprint density at radius 3 is 2.29 bits per heavy atom. The summed E-state index contributed by atoms with van der Waals surface area (Å²) in [6, 6.07) is 0. The fourth-order valence-corrected chi connectivity index (χ4v) is 3.49. The van der Waals surface area contributed by atoms with Gasteiger partial charge in [-0.05, 0) is 32.4 Å². The molecule has 0 atom stereocenters. The molecule has 1 aliphatic carbocycles. The number of nitrogens with zero attached hydrogens (tertiary/aromatic N) is 2. The van der Waals surface area contributed by atoms with E-state index in [0.29, 0.717) is 4.75 Å². The van der Waals surface area contributed by atoms with Gasteiger partial charge in [-0.25, -0.2) is 9.97 Å². The Bertz CT molecular complexity index is 466. The van der Waals surface area contributed by atoms with Gasteiger partial charge in [0, 0.05) is 29.8 Å². The fraction of sp³-hybridized carbons (Fsp3) is 0.750. The lowest BCUT2D eigenvalue weighted by molar-refractivity contribution is 0.379. The topological polar surface area (TPSA) is 49.8 Å². The maximum absolute atomic E-state index is 4.68. The largest absolute Gasteiger partial charge is 0.370 e. The van der Waals surface area contributed by atoms with Crippen molar-refractivity contribution >= 4 is 23.4 Å². The first-order valence-electron chi connectivity index (χ1n) is 8.04. The van der Waals surface area contributed by atoms with Gasteiger partial charge in [0.15, 0.2) is 0 Å². The molecule has 4 nitrogen and oxygen atoms in total. The summed E-state index contributed by atoms with van der Waals surface area (Å²) in [6.07, 6.45) is 8.17. The Balaban J connectivity index is 2.13. The Morgan fingerprint density at radius 1 is 1.14 bits per heavy atom. The first-order valence-corrected chi connectivity index (χ1v) is 9.27. The van der Waals surface area contributed by atoms with Gasteiger partial charge in [0.1, 0.15) is 17.5 Å². The van der Waals surface area contributed by atoms with Crippen LogP contribution in [-0.4, -0.2) is 34.1 Å². The molecule has 2 rings (SSSR count). The second kappa shape index (κ2) is 7.34. The minimum atomic E-state index is 0.417. The van der Waals surface area contributed by atoms with Gasteiger partial charge >= 0.3 is 0 Å². The quantitative estimate of drug-likeness (QED) is 0.763. The van der Waals surface area contributed by atoms with Crippen LogP contribution in [0.15, 0.2) is 0 Å². The fourth-order valence-electron chi connectivity index (χ4n) is 2.58. The van der Waals surface area contributed by atoms with Crippen molar-refractivity contribution in [2.45, 2.75) is 57.6 Å². The molecule has 1 aromatic rings. The highest BCUT2D eigenvalue weighted by molar-refractivity contribution is 8.00. The molecule has 2 N–H and O–H groups in total. The van der Waals surface area contributed by atoms with E-state index in [1.807, 2.05) is 11.8 Å². The average Bonchev–Trinajstić information content (AvgIpc) is 2.46. The first kappa shape index (κ1) is 16.4. The maximum atomic E-state index is 4.68. The number of aryl methyl sites for hydroxylation is 1. The summed E-state index contributed by atoms with van der Waals surface area (Å²) in [5.74, 6) is 2.90. The molecule has 1 saturated carbocycles. The Morgan fingerprint density at radius 2 is 1.81 bits per heavy atom. The highest BCUT2D eigenvalue weighted by atomic mass is 32.2. The van der Waals surface area contributed by atoms with Gasteiger partial charge < -0.3 is 10.6 Å². The van der Waals surface area contributed by atoms with Gasteiger partial charge in [0.05, 0.1) is 0 Å². The number of thioether (sulfide) groups is 1. The number of aromatic nitrogens is 2. The number of hydrogen-bond donors (Lipinski definition) is 2. The van der Waals surface area contributed by atoms with Crippen LogP contribution in [0.25, 0.3) is 0 Å². The third-order valence-corrected chi connectivity index (χ3v) is 5.75. The molecule has 21 heavy (non-hydrogen) atoms. The van der Waals surface area contributed by atoms with Crippen molar-refractivity contribution in [1.29, 1.82) is 0 Å². The van der Waals surface area contributed by atoms with Gasteiger partial charge in [0.2, 0.25) is 0 Å². The molecular weight excluding hydrogens is 280 g/mol. The second-order valence-electron chi connectivity index (χ2n) is 5.84. The first-order chi connectivity index (χ1) is 10.1. The van der Waals surface area contributed by atoms with Crippen molar-refractivity contribution in [2.24, 2.45) is 0 Å². The molecule has 0 aromatic carbocycles. The maximum Gasteiger partial charge on any atom is 0.134 e. The summed E-state index contributed by atoms with van der Waals surface area (Å²) >= 11 is 1.99. The van der Waals surface area contributed by atoms with Crippen molar-refractivity contribution in [3.63, 3.8) is 0 Å². The van der Waals surface area contributed by atoms with Crippen LogP contribution in [0.3, 0.4) is 0 Å². The molecule has 0 amide bonds. The van der Waals surface area contributed by atoms with E-state index in [4.69, 9.17) is 0 Å². The standard InChI is InChI=1S/C16H28N4S/c1-5-10-17-14-12(3)15(20-13(6-2)19-14)18-11-16(21-4)8-7-9-16/h5-11H2,1-4H3,(H2,17,18,19,20). The summed E-state index contributed by atoms with van der Waals surface area (Å²) in [6.45, 7) is 8.33. The minimum Gasteiger partial charge on any atom is -0.370 e. The number of anilines is 2. The third-order valence-electron chi connectivity index (χ3n) is 4.33. The molecule has 1 fully saturated rings.